The van der Waals surface area contributed by atoms with E-state index in [1.54, 1.807) is 49.5 Å². The molecule has 6 heteroatoms. The van der Waals surface area contributed by atoms with Crippen molar-refractivity contribution in [3.05, 3.63) is 53.9 Å². The molecule has 0 radical (unpaired) electrons. The second-order valence-corrected chi connectivity index (χ2v) is 6.52. The maximum absolute atomic E-state index is 12.5. The third-order valence-corrected chi connectivity index (χ3v) is 3.18. The van der Waals surface area contributed by atoms with E-state index in [-0.39, 0.29) is 17.8 Å². The lowest BCUT2D eigenvalue weighted by molar-refractivity contribution is 0.0527. The van der Waals surface area contributed by atoms with E-state index < -0.39 is 11.9 Å². The number of hydrogen-bond acceptors (Lipinski definition) is 5. The summed E-state index contributed by atoms with van der Waals surface area (Å²) >= 11 is 0. The standard InChI is InChI=1S/C19H23N3O3/c1-5-25-18(24)14-8-6-7-9-15(14)21-17(23)16-12-13(10-11-20-16)22-19(2,3)4/h6-12H,5H2,1-4H3,(H,20,22)(H,21,23). The molecular formula is C19H23N3O3. The van der Waals surface area contributed by atoms with Crippen LogP contribution in [0, 0.1) is 0 Å². The SMILES string of the molecule is CCOC(=O)c1ccccc1NC(=O)c1cc(NC(C)(C)C)ccn1. The van der Waals surface area contributed by atoms with Crippen LogP contribution in [0.4, 0.5) is 11.4 Å². The van der Waals surface area contributed by atoms with Gasteiger partial charge in [-0.3, -0.25) is 9.78 Å². The topological polar surface area (TPSA) is 80.3 Å². The largest absolute Gasteiger partial charge is 0.462 e. The number of ether oxygens (including phenoxy) is 1. The summed E-state index contributed by atoms with van der Waals surface area (Å²) in [5.41, 5.74) is 1.62. The van der Waals surface area contributed by atoms with Crippen LogP contribution in [0.5, 0.6) is 0 Å². The number of benzene rings is 1. The van der Waals surface area contributed by atoms with Crippen molar-refractivity contribution in [1.29, 1.82) is 0 Å². The average molecular weight is 341 g/mol. The first-order chi connectivity index (χ1) is 11.8. The molecule has 2 aromatic rings. The predicted octanol–water partition coefficient (Wildman–Crippen LogP) is 3.72. The lowest BCUT2D eigenvalue weighted by atomic mass is 10.1. The van der Waals surface area contributed by atoms with Crippen LogP contribution in [0.1, 0.15) is 48.5 Å². The molecule has 0 fully saturated rings. The smallest absolute Gasteiger partial charge is 0.340 e. The first-order valence-electron chi connectivity index (χ1n) is 8.12. The second kappa shape index (κ2) is 7.79. The monoisotopic (exact) mass is 341 g/mol. The molecule has 1 heterocycles. The minimum absolute atomic E-state index is 0.133. The zero-order valence-electron chi connectivity index (χ0n) is 14.9. The Balaban J connectivity index is 2.21. The summed E-state index contributed by atoms with van der Waals surface area (Å²) in [4.78, 5) is 28.6. The number of para-hydroxylation sites is 1. The van der Waals surface area contributed by atoms with Crippen LogP contribution in [0.2, 0.25) is 0 Å². The van der Waals surface area contributed by atoms with E-state index in [2.05, 4.69) is 15.6 Å². The van der Waals surface area contributed by atoms with Crippen molar-refractivity contribution in [3.63, 3.8) is 0 Å². The summed E-state index contributed by atoms with van der Waals surface area (Å²) in [5.74, 6) is -0.871. The van der Waals surface area contributed by atoms with Gasteiger partial charge in [0.25, 0.3) is 5.91 Å². The molecule has 0 atom stereocenters. The van der Waals surface area contributed by atoms with E-state index in [9.17, 15) is 9.59 Å². The van der Waals surface area contributed by atoms with Gasteiger partial charge in [0.15, 0.2) is 0 Å². The third-order valence-electron chi connectivity index (χ3n) is 3.18. The molecule has 0 aliphatic rings. The molecule has 25 heavy (non-hydrogen) atoms. The number of carbonyl (C=O) groups is 2. The van der Waals surface area contributed by atoms with Gasteiger partial charge in [-0.2, -0.15) is 0 Å². The van der Waals surface area contributed by atoms with E-state index >= 15 is 0 Å². The molecule has 1 amide bonds. The Bertz CT molecular complexity index is 767. The molecular weight excluding hydrogens is 318 g/mol. The molecule has 6 nitrogen and oxygen atoms in total. The molecule has 0 bridgehead atoms. The number of amides is 1. The fraction of sp³-hybridized carbons (Fsp3) is 0.316. The van der Waals surface area contributed by atoms with Crippen molar-refractivity contribution in [2.75, 3.05) is 17.2 Å². The minimum atomic E-state index is -0.477. The summed E-state index contributed by atoms with van der Waals surface area (Å²) in [6.45, 7) is 8.09. The molecule has 0 aliphatic heterocycles. The predicted molar refractivity (Wildman–Crippen MR) is 98.0 cm³/mol. The number of nitrogens with zero attached hydrogens (tertiary/aromatic N) is 1. The van der Waals surface area contributed by atoms with Gasteiger partial charge in [-0.05, 0) is 52.0 Å². The molecule has 1 aromatic heterocycles. The van der Waals surface area contributed by atoms with Gasteiger partial charge in [0.1, 0.15) is 5.69 Å². The summed E-state index contributed by atoms with van der Waals surface area (Å²) in [6, 6.07) is 10.2. The van der Waals surface area contributed by atoms with Crippen LogP contribution in [0.25, 0.3) is 0 Å². The van der Waals surface area contributed by atoms with Gasteiger partial charge >= 0.3 is 5.97 Å². The number of pyridine rings is 1. The summed E-state index contributed by atoms with van der Waals surface area (Å²) < 4.78 is 5.01. The van der Waals surface area contributed by atoms with E-state index in [4.69, 9.17) is 4.74 Å². The fourth-order valence-corrected chi connectivity index (χ4v) is 2.23. The molecule has 0 spiro atoms. The van der Waals surface area contributed by atoms with Crippen LogP contribution in [-0.2, 0) is 4.74 Å². The van der Waals surface area contributed by atoms with Crippen molar-refractivity contribution in [2.24, 2.45) is 0 Å². The average Bonchev–Trinajstić information content (AvgIpc) is 2.54. The molecule has 0 unspecified atom stereocenters. The van der Waals surface area contributed by atoms with Crippen LogP contribution >= 0.6 is 0 Å². The number of hydrogen-bond donors (Lipinski definition) is 2. The highest BCUT2D eigenvalue weighted by molar-refractivity contribution is 6.07. The van der Waals surface area contributed by atoms with Crippen LogP contribution < -0.4 is 10.6 Å². The van der Waals surface area contributed by atoms with Crippen molar-refractivity contribution < 1.29 is 14.3 Å². The number of rotatable bonds is 5. The molecule has 1 aromatic carbocycles. The van der Waals surface area contributed by atoms with Gasteiger partial charge in [-0.1, -0.05) is 12.1 Å². The van der Waals surface area contributed by atoms with Crippen molar-refractivity contribution in [3.8, 4) is 0 Å². The molecule has 2 rings (SSSR count). The second-order valence-electron chi connectivity index (χ2n) is 6.52. The number of anilines is 2. The van der Waals surface area contributed by atoms with Crippen molar-refractivity contribution >= 4 is 23.3 Å². The van der Waals surface area contributed by atoms with E-state index in [0.717, 1.165) is 5.69 Å². The minimum Gasteiger partial charge on any atom is -0.462 e. The Morgan fingerprint density at radius 1 is 1.16 bits per heavy atom. The maximum Gasteiger partial charge on any atom is 0.340 e. The van der Waals surface area contributed by atoms with E-state index in [0.29, 0.717) is 11.3 Å². The molecule has 0 saturated heterocycles. The zero-order valence-corrected chi connectivity index (χ0v) is 14.9. The third kappa shape index (κ3) is 5.31. The van der Waals surface area contributed by atoms with E-state index in [1.807, 2.05) is 20.8 Å². The van der Waals surface area contributed by atoms with Gasteiger partial charge in [0.2, 0.25) is 0 Å². The summed E-state index contributed by atoms with van der Waals surface area (Å²) in [5, 5.41) is 6.02. The van der Waals surface area contributed by atoms with Crippen LogP contribution in [-0.4, -0.2) is 29.0 Å². The van der Waals surface area contributed by atoms with Gasteiger partial charge < -0.3 is 15.4 Å². The lowest BCUT2D eigenvalue weighted by Crippen LogP contribution is -2.26. The number of carbonyl (C=O) groups excluding carboxylic acids is 2. The van der Waals surface area contributed by atoms with Crippen molar-refractivity contribution in [1.82, 2.24) is 4.98 Å². The quantitative estimate of drug-likeness (QED) is 0.810. The highest BCUT2D eigenvalue weighted by Crippen LogP contribution is 2.19. The Kier molecular flexibility index (Phi) is 5.75. The van der Waals surface area contributed by atoms with Gasteiger partial charge in [0, 0.05) is 17.4 Å². The van der Waals surface area contributed by atoms with Crippen molar-refractivity contribution in [2.45, 2.75) is 33.2 Å². The fourth-order valence-electron chi connectivity index (χ4n) is 2.23. The normalized spacial score (nSPS) is 10.9. The maximum atomic E-state index is 12.5. The molecule has 2 N–H and O–H groups in total. The molecule has 132 valence electrons. The Hall–Kier alpha value is -2.89. The number of nitrogens with one attached hydrogen (secondary N) is 2. The highest BCUT2D eigenvalue weighted by Gasteiger charge is 2.16. The Morgan fingerprint density at radius 2 is 1.88 bits per heavy atom. The number of aromatic nitrogens is 1. The first kappa shape index (κ1) is 18.4. The Labute approximate surface area is 147 Å². The molecule has 0 saturated carbocycles. The van der Waals surface area contributed by atoms with Gasteiger partial charge in [-0.25, -0.2) is 4.79 Å². The summed E-state index contributed by atoms with van der Waals surface area (Å²) in [6.07, 6.45) is 1.57. The Morgan fingerprint density at radius 3 is 2.56 bits per heavy atom. The van der Waals surface area contributed by atoms with Crippen LogP contribution in [0.3, 0.4) is 0 Å². The van der Waals surface area contributed by atoms with E-state index in [1.165, 1.54) is 0 Å². The highest BCUT2D eigenvalue weighted by atomic mass is 16.5. The zero-order chi connectivity index (χ0) is 18.4. The summed E-state index contributed by atoms with van der Waals surface area (Å²) in [7, 11) is 0. The number of esters is 1. The van der Waals surface area contributed by atoms with Gasteiger partial charge in [-0.15, -0.1) is 0 Å². The first-order valence-corrected chi connectivity index (χ1v) is 8.12. The van der Waals surface area contributed by atoms with Crippen LogP contribution in [0.15, 0.2) is 42.6 Å². The van der Waals surface area contributed by atoms with Gasteiger partial charge in [0.05, 0.1) is 17.9 Å². The lowest BCUT2D eigenvalue weighted by Gasteiger charge is -2.22. The molecule has 0 aliphatic carbocycles.